The molecule has 3 aromatic rings. The van der Waals surface area contributed by atoms with Gasteiger partial charge in [0.05, 0.1) is 24.3 Å². The van der Waals surface area contributed by atoms with Crippen molar-refractivity contribution in [3.05, 3.63) is 82.9 Å². The summed E-state index contributed by atoms with van der Waals surface area (Å²) in [5.74, 6) is -0.601. The monoisotopic (exact) mass is 469 g/mol. The van der Waals surface area contributed by atoms with Gasteiger partial charge in [0, 0.05) is 18.7 Å². The van der Waals surface area contributed by atoms with Crippen molar-refractivity contribution in [1.29, 1.82) is 0 Å². The first-order valence-corrected chi connectivity index (χ1v) is 12.3. The standard InChI is InChI=1S/C29H27NO5/c31-27(20-12-13-24-19(16-20)8-4-15-35-24)25-26(23-11-3-7-18-6-1-2-10-22(18)23)30(29(33)28(25)32)17-21-9-5-14-34-21/h1-3,6-7,10-13,16,21,26,31H,4-5,8-9,14-15,17H2/b27-25-. The molecule has 0 saturated carbocycles. The van der Waals surface area contributed by atoms with E-state index in [1.54, 1.807) is 11.0 Å². The zero-order valence-electron chi connectivity index (χ0n) is 19.4. The molecule has 2 fully saturated rings. The second-order valence-corrected chi connectivity index (χ2v) is 9.43. The van der Waals surface area contributed by atoms with Gasteiger partial charge in [-0.15, -0.1) is 0 Å². The molecule has 3 aromatic carbocycles. The minimum Gasteiger partial charge on any atom is -0.507 e. The lowest BCUT2D eigenvalue weighted by Crippen LogP contribution is -2.36. The number of rotatable bonds is 4. The third-order valence-corrected chi connectivity index (χ3v) is 7.26. The Hall–Kier alpha value is -3.64. The lowest BCUT2D eigenvalue weighted by molar-refractivity contribution is -0.140. The van der Waals surface area contributed by atoms with E-state index < -0.39 is 17.7 Å². The molecule has 0 radical (unpaired) electrons. The molecule has 0 bridgehead atoms. The SMILES string of the molecule is O=C1C(=O)N(CC2CCCO2)C(c2cccc3ccccc23)/C1=C(/O)c1ccc2c(c1)CCCO2. The van der Waals surface area contributed by atoms with Gasteiger partial charge in [0.1, 0.15) is 11.5 Å². The van der Waals surface area contributed by atoms with Crippen molar-refractivity contribution in [3.8, 4) is 5.75 Å². The fraction of sp³-hybridized carbons (Fsp3) is 0.310. The summed E-state index contributed by atoms with van der Waals surface area (Å²) in [6, 6.07) is 18.6. The predicted octanol–water partition coefficient (Wildman–Crippen LogP) is 4.77. The molecule has 1 N–H and O–H groups in total. The lowest BCUT2D eigenvalue weighted by atomic mass is 9.91. The van der Waals surface area contributed by atoms with Crippen molar-refractivity contribution in [1.82, 2.24) is 4.90 Å². The van der Waals surface area contributed by atoms with E-state index in [4.69, 9.17) is 9.47 Å². The van der Waals surface area contributed by atoms with E-state index in [0.717, 1.165) is 53.3 Å². The summed E-state index contributed by atoms with van der Waals surface area (Å²) >= 11 is 0. The molecule has 2 unspecified atom stereocenters. The van der Waals surface area contributed by atoms with Crippen molar-refractivity contribution in [2.75, 3.05) is 19.8 Å². The molecule has 6 heteroatoms. The Balaban J connectivity index is 1.52. The minimum absolute atomic E-state index is 0.119. The summed E-state index contributed by atoms with van der Waals surface area (Å²) in [7, 11) is 0. The van der Waals surface area contributed by atoms with Crippen LogP contribution in [-0.4, -0.2) is 47.6 Å². The number of carbonyl (C=O) groups is 2. The molecule has 6 nitrogen and oxygen atoms in total. The summed E-state index contributed by atoms with van der Waals surface area (Å²) in [5, 5.41) is 13.5. The zero-order chi connectivity index (χ0) is 23.9. The van der Waals surface area contributed by atoms with Gasteiger partial charge in [-0.2, -0.15) is 0 Å². The van der Waals surface area contributed by atoms with E-state index in [1.165, 1.54) is 0 Å². The fourth-order valence-corrected chi connectivity index (χ4v) is 5.55. The van der Waals surface area contributed by atoms with Gasteiger partial charge in [-0.25, -0.2) is 0 Å². The molecule has 0 aromatic heterocycles. The summed E-state index contributed by atoms with van der Waals surface area (Å²) in [6.45, 7) is 1.64. The molecule has 6 rings (SSSR count). The van der Waals surface area contributed by atoms with Crippen LogP contribution in [0.15, 0.2) is 66.2 Å². The number of benzene rings is 3. The zero-order valence-corrected chi connectivity index (χ0v) is 19.4. The molecule has 2 saturated heterocycles. The largest absolute Gasteiger partial charge is 0.507 e. The number of Topliss-reactive ketones (excluding diaryl/α,β-unsaturated/α-hetero) is 1. The summed E-state index contributed by atoms with van der Waals surface area (Å²) in [5.41, 5.74) is 2.47. The number of fused-ring (bicyclic) bond motifs is 2. The third-order valence-electron chi connectivity index (χ3n) is 7.26. The van der Waals surface area contributed by atoms with Gasteiger partial charge in [0.25, 0.3) is 11.7 Å². The van der Waals surface area contributed by atoms with Crippen LogP contribution in [0.5, 0.6) is 5.75 Å². The topological polar surface area (TPSA) is 76.1 Å². The Bertz CT molecular complexity index is 1350. The van der Waals surface area contributed by atoms with E-state index in [2.05, 4.69) is 0 Å². The average molecular weight is 470 g/mol. The van der Waals surface area contributed by atoms with E-state index in [0.29, 0.717) is 25.3 Å². The number of hydrogen-bond acceptors (Lipinski definition) is 5. The molecule has 0 aliphatic carbocycles. The molecule has 1 amide bonds. The fourth-order valence-electron chi connectivity index (χ4n) is 5.55. The predicted molar refractivity (Wildman–Crippen MR) is 132 cm³/mol. The second-order valence-electron chi connectivity index (χ2n) is 9.43. The van der Waals surface area contributed by atoms with Crippen LogP contribution in [0.2, 0.25) is 0 Å². The van der Waals surface area contributed by atoms with Gasteiger partial charge in [-0.05, 0) is 65.8 Å². The Labute approximate surface area is 203 Å². The molecule has 3 aliphatic rings. The van der Waals surface area contributed by atoms with Gasteiger partial charge >= 0.3 is 0 Å². The number of aliphatic hydroxyl groups is 1. The molecule has 35 heavy (non-hydrogen) atoms. The summed E-state index contributed by atoms with van der Waals surface area (Å²) < 4.78 is 11.5. The van der Waals surface area contributed by atoms with Gasteiger partial charge in [-0.3, -0.25) is 9.59 Å². The van der Waals surface area contributed by atoms with Crippen LogP contribution < -0.4 is 4.74 Å². The van der Waals surface area contributed by atoms with Crippen LogP contribution in [0.3, 0.4) is 0 Å². The first-order chi connectivity index (χ1) is 17.1. The lowest BCUT2D eigenvalue weighted by Gasteiger charge is -2.28. The first kappa shape index (κ1) is 21.9. The first-order valence-electron chi connectivity index (χ1n) is 12.3. The van der Waals surface area contributed by atoms with Crippen LogP contribution >= 0.6 is 0 Å². The molecule has 3 heterocycles. The van der Waals surface area contributed by atoms with Crippen molar-refractivity contribution < 1.29 is 24.2 Å². The number of amides is 1. The maximum atomic E-state index is 13.4. The van der Waals surface area contributed by atoms with E-state index in [9.17, 15) is 14.7 Å². The number of carbonyl (C=O) groups excluding carboxylic acids is 2. The molecule has 3 aliphatic heterocycles. The third kappa shape index (κ3) is 3.78. The molecular formula is C29H27NO5. The highest BCUT2D eigenvalue weighted by atomic mass is 16.5. The number of ketones is 1. The van der Waals surface area contributed by atoms with Crippen LogP contribution in [0.25, 0.3) is 16.5 Å². The van der Waals surface area contributed by atoms with Crippen molar-refractivity contribution in [2.45, 2.75) is 37.8 Å². The quantitative estimate of drug-likeness (QED) is 0.339. The molecule has 0 spiro atoms. The highest BCUT2D eigenvalue weighted by molar-refractivity contribution is 6.46. The Kier molecular flexibility index (Phi) is 5.53. The van der Waals surface area contributed by atoms with Crippen LogP contribution in [0.4, 0.5) is 0 Å². The Morgan fingerprint density at radius 3 is 2.71 bits per heavy atom. The van der Waals surface area contributed by atoms with Crippen molar-refractivity contribution >= 4 is 28.2 Å². The maximum absolute atomic E-state index is 13.4. The van der Waals surface area contributed by atoms with Crippen LogP contribution in [-0.2, 0) is 20.7 Å². The normalized spacial score (nSPS) is 23.5. The number of hydrogen-bond donors (Lipinski definition) is 1. The maximum Gasteiger partial charge on any atom is 0.295 e. The highest BCUT2D eigenvalue weighted by Gasteiger charge is 2.47. The number of aryl methyl sites for hydroxylation is 1. The number of likely N-dealkylation sites (tertiary alicyclic amines) is 1. The van der Waals surface area contributed by atoms with Crippen molar-refractivity contribution in [2.24, 2.45) is 0 Å². The van der Waals surface area contributed by atoms with E-state index in [-0.39, 0.29) is 17.4 Å². The van der Waals surface area contributed by atoms with E-state index in [1.807, 2.05) is 54.6 Å². The van der Waals surface area contributed by atoms with Gasteiger partial charge in [0.2, 0.25) is 0 Å². The number of ether oxygens (including phenoxy) is 2. The highest BCUT2D eigenvalue weighted by Crippen LogP contribution is 2.43. The van der Waals surface area contributed by atoms with Gasteiger partial charge in [0.15, 0.2) is 0 Å². The van der Waals surface area contributed by atoms with Crippen LogP contribution in [0, 0.1) is 0 Å². The Morgan fingerprint density at radius 1 is 1.00 bits per heavy atom. The Morgan fingerprint density at radius 2 is 1.86 bits per heavy atom. The van der Waals surface area contributed by atoms with Crippen molar-refractivity contribution in [3.63, 3.8) is 0 Å². The molecular weight excluding hydrogens is 442 g/mol. The smallest absolute Gasteiger partial charge is 0.295 e. The summed E-state index contributed by atoms with van der Waals surface area (Å²) in [6.07, 6.45) is 3.41. The number of aliphatic hydroxyl groups excluding tert-OH is 1. The molecule has 178 valence electrons. The second kappa shape index (κ2) is 8.86. The van der Waals surface area contributed by atoms with Gasteiger partial charge < -0.3 is 19.5 Å². The minimum atomic E-state index is -0.697. The van der Waals surface area contributed by atoms with Crippen LogP contribution in [0.1, 0.15) is 42.0 Å². The van der Waals surface area contributed by atoms with Gasteiger partial charge in [-0.1, -0.05) is 42.5 Å². The van der Waals surface area contributed by atoms with E-state index >= 15 is 0 Å². The molecule has 2 atom stereocenters. The summed E-state index contributed by atoms with van der Waals surface area (Å²) in [4.78, 5) is 28.4. The number of nitrogens with zero attached hydrogens (tertiary/aromatic N) is 1. The average Bonchev–Trinajstić information content (AvgIpc) is 3.50.